The van der Waals surface area contributed by atoms with Crippen molar-refractivity contribution in [2.45, 2.75) is 52.5 Å². The van der Waals surface area contributed by atoms with Crippen molar-refractivity contribution in [2.24, 2.45) is 0 Å². The number of amides is 1. The van der Waals surface area contributed by atoms with Crippen LogP contribution >= 0.6 is 0 Å². The molecular weight excluding hydrogens is 332 g/mol. The lowest BCUT2D eigenvalue weighted by molar-refractivity contribution is -0.132. The van der Waals surface area contributed by atoms with E-state index in [9.17, 15) is 4.79 Å². The van der Waals surface area contributed by atoms with Crippen LogP contribution in [0.2, 0.25) is 0 Å². The second-order valence-corrected chi connectivity index (χ2v) is 6.85. The molecule has 0 unspecified atom stereocenters. The molecule has 26 heavy (non-hydrogen) atoms. The lowest BCUT2D eigenvalue weighted by Crippen LogP contribution is -2.30. The topological polar surface area (TPSA) is 89.4 Å². The maximum Gasteiger partial charge on any atom is 0.252 e. The number of carbonyl (C=O) groups is 1. The van der Waals surface area contributed by atoms with Gasteiger partial charge in [0.15, 0.2) is 5.76 Å². The van der Waals surface area contributed by atoms with E-state index in [2.05, 4.69) is 20.2 Å². The Morgan fingerprint density at radius 3 is 2.96 bits per heavy atom. The van der Waals surface area contributed by atoms with E-state index in [4.69, 9.17) is 4.52 Å². The summed E-state index contributed by atoms with van der Waals surface area (Å²) >= 11 is 0. The predicted molar refractivity (Wildman–Crippen MR) is 93.5 cm³/mol. The lowest BCUT2D eigenvalue weighted by Gasteiger charge is -2.23. The number of rotatable bonds is 4. The Hall–Kier alpha value is -2.77. The monoisotopic (exact) mass is 354 g/mol. The van der Waals surface area contributed by atoms with Crippen LogP contribution < -0.4 is 0 Å². The van der Waals surface area contributed by atoms with Gasteiger partial charge in [-0.3, -0.25) is 4.79 Å². The first-order chi connectivity index (χ1) is 12.5. The van der Waals surface area contributed by atoms with Gasteiger partial charge in [0.05, 0.1) is 11.7 Å². The van der Waals surface area contributed by atoms with Crippen molar-refractivity contribution in [3.8, 4) is 0 Å². The van der Waals surface area contributed by atoms with E-state index in [-0.39, 0.29) is 11.9 Å². The molecule has 0 spiro atoms. The van der Waals surface area contributed by atoms with Gasteiger partial charge in [-0.1, -0.05) is 5.16 Å². The average Bonchev–Trinajstić information content (AvgIpc) is 3.33. The molecule has 136 valence electrons. The Labute approximate surface area is 151 Å². The minimum atomic E-state index is 0.00168. The van der Waals surface area contributed by atoms with E-state index in [0.717, 1.165) is 47.8 Å². The van der Waals surface area contributed by atoms with Gasteiger partial charge in [-0.2, -0.15) is 10.1 Å². The second-order valence-electron chi connectivity index (χ2n) is 6.85. The zero-order chi connectivity index (χ0) is 18.3. The molecule has 0 aromatic carbocycles. The van der Waals surface area contributed by atoms with Gasteiger partial charge in [0.25, 0.3) is 5.78 Å². The molecule has 3 aromatic heterocycles. The first-order valence-corrected chi connectivity index (χ1v) is 8.93. The Morgan fingerprint density at radius 1 is 1.35 bits per heavy atom. The van der Waals surface area contributed by atoms with Gasteiger partial charge in [-0.15, -0.1) is 0 Å². The van der Waals surface area contributed by atoms with Gasteiger partial charge in [-0.05, 0) is 45.6 Å². The molecule has 0 saturated carbocycles. The van der Waals surface area contributed by atoms with Gasteiger partial charge in [0.2, 0.25) is 5.91 Å². The standard InChI is InChI=1S/C18H22N6O2/c1-11-9-16(26-22-11)15-5-4-8-23(15)17(25)7-6-14-12(2)21-18-19-10-20-24(18)13(14)3/h9-10,15H,4-8H2,1-3H3/t15-/m1/s1. The minimum absolute atomic E-state index is 0.00168. The summed E-state index contributed by atoms with van der Waals surface area (Å²) in [5, 5.41) is 8.17. The highest BCUT2D eigenvalue weighted by molar-refractivity contribution is 5.77. The molecule has 3 aromatic rings. The van der Waals surface area contributed by atoms with Gasteiger partial charge in [0, 0.05) is 30.4 Å². The SMILES string of the molecule is Cc1cc([C@H]2CCCN2C(=O)CCc2c(C)nc3ncnn3c2C)on1. The van der Waals surface area contributed by atoms with Crippen LogP contribution in [0.3, 0.4) is 0 Å². The van der Waals surface area contributed by atoms with Gasteiger partial charge >= 0.3 is 0 Å². The van der Waals surface area contributed by atoms with Crippen LogP contribution in [0.1, 0.15) is 53.7 Å². The number of hydrogen-bond acceptors (Lipinski definition) is 6. The number of fused-ring (bicyclic) bond motifs is 1. The van der Waals surface area contributed by atoms with E-state index in [1.54, 1.807) is 4.52 Å². The number of aromatic nitrogens is 5. The third-order valence-electron chi connectivity index (χ3n) is 5.13. The highest BCUT2D eigenvalue weighted by Gasteiger charge is 2.32. The number of nitrogens with zero attached hydrogens (tertiary/aromatic N) is 6. The fourth-order valence-corrected chi connectivity index (χ4v) is 3.79. The number of likely N-dealkylation sites (tertiary alicyclic amines) is 1. The summed E-state index contributed by atoms with van der Waals surface area (Å²) < 4.78 is 7.12. The molecule has 1 amide bonds. The zero-order valence-corrected chi connectivity index (χ0v) is 15.3. The van der Waals surface area contributed by atoms with E-state index in [1.807, 2.05) is 31.7 Å². The van der Waals surface area contributed by atoms with Crippen LogP contribution in [0.25, 0.3) is 5.78 Å². The molecule has 1 saturated heterocycles. The molecule has 1 atom stereocenters. The van der Waals surface area contributed by atoms with E-state index in [1.165, 1.54) is 6.33 Å². The van der Waals surface area contributed by atoms with Crippen LogP contribution in [0.5, 0.6) is 0 Å². The summed E-state index contributed by atoms with van der Waals surface area (Å²) in [6, 6.07) is 1.93. The Balaban J connectivity index is 1.50. The molecule has 0 bridgehead atoms. The van der Waals surface area contributed by atoms with Crippen molar-refractivity contribution in [3.05, 3.63) is 40.8 Å². The normalized spacial score (nSPS) is 17.3. The molecule has 0 aliphatic carbocycles. The van der Waals surface area contributed by atoms with Gasteiger partial charge in [-0.25, -0.2) is 9.50 Å². The Kier molecular flexibility index (Phi) is 4.18. The van der Waals surface area contributed by atoms with Crippen molar-refractivity contribution >= 4 is 11.7 Å². The molecule has 1 fully saturated rings. The van der Waals surface area contributed by atoms with Crippen molar-refractivity contribution in [3.63, 3.8) is 0 Å². The number of hydrogen-bond donors (Lipinski definition) is 0. The van der Waals surface area contributed by atoms with E-state index < -0.39 is 0 Å². The fraction of sp³-hybridized carbons (Fsp3) is 0.500. The third-order valence-corrected chi connectivity index (χ3v) is 5.13. The molecule has 1 aliphatic heterocycles. The van der Waals surface area contributed by atoms with Gasteiger partial charge < -0.3 is 9.42 Å². The highest BCUT2D eigenvalue weighted by Crippen LogP contribution is 2.33. The maximum atomic E-state index is 12.9. The van der Waals surface area contributed by atoms with Crippen LogP contribution in [0.4, 0.5) is 0 Å². The van der Waals surface area contributed by atoms with Crippen LogP contribution in [0, 0.1) is 20.8 Å². The molecular formula is C18H22N6O2. The molecule has 0 radical (unpaired) electrons. The molecule has 4 heterocycles. The lowest BCUT2D eigenvalue weighted by atomic mass is 10.1. The Bertz CT molecular complexity index is 960. The van der Waals surface area contributed by atoms with E-state index in [0.29, 0.717) is 18.6 Å². The zero-order valence-electron chi connectivity index (χ0n) is 15.3. The average molecular weight is 354 g/mol. The number of aryl methyl sites for hydroxylation is 3. The van der Waals surface area contributed by atoms with Gasteiger partial charge in [0.1, 0.15) is 6.33 Å². The summed E-state index contributed by atoms with van der Waals surface area (Å²) in [5.74, 6) is 1.51. The van der Waals surface area contributed by atoms with Crippen LogP contribution in [-0.4, -0.2) is 42.1 Å². The molecule has 8 nitrogen and oxygen atoms in total. The Morgan fingerprint density at radius 2 is 2.19 bits per heavy atom. The first-order valence-electron chi connectivity index (χ1n) is 8.93. The van der Waals surface area contributed by atoms with Crippen molar-refractivity contribution < 1.29 is 9.32 Å². The predicted octanol–water partition coefficient (Wildman–Crippen LogP) is 2.33. The molecule has 0 N–H and O–H groups in total. The molecule has 8 heteroatoms. The fourth-order valence-electron chi connectivity index (χ4n) is 3.79. The third kappa shape index (κ3) is 2.85. The first kappa shape index (κ1) is 16.7. The summed E-state index contributed by atoms with van der Waals surface area (Å²) in [6.07, 6.45) is 4.48. The van der Waals surface area contributed by atoms with Crippen molar-refractivity contribution in [1.82, 2.24) is 29.6 Å². The largest absolute Gasteiger partial charge is 0.359 e. The van der Waals surface area contributed by atoms with Crippen molar-refractivity contribution in [1.29, 1.82) is 0 Å². The molecule has 1 aliphatic rings. The summed E-state index contributed by atoms with van der Waals surface area (Å²) in [4.78, 5) is 23.4. The summed E-state index contributed by atoms with van der Waals surface area (Å²) in [7, 11) is 0. The highest BCUT2D eigenvalue weighted by atomic mass is 16.5. The second kappa shape index (κ2) is 6.51. The van der Waals surface area contributed by atoms with Crippen LogP contribution in [-0.2, 0) is 11.2 Å². The van der Waals surface area contributed by atoms with Crippen LogP contribution in [0.15, 0.2) is 16.9 Å². The smallest absolute Gasteiger partial charge is 0.252 e. The van der Waals surface area contributed by atoms with E-state index >= 15 is 0 Å². The summed E-state index contributed by atoms with van der Waals surface area (Å²) in [5.41, 5.74) is 3.79. The van der Waals surface area contributed by atoms with Crippen molar-refractivity contribution in [2.75, 3.05) is 6.54 Å². The number of carbonyl (C=O) groups excluding carboxylic acids is 1. The maximum absolute atomic E-state index is 12.9. The quantitative estimate of drug-likeness (QED) is 0.714. The molecule has 4 rings (SSSR count). The minimum Gasteiger partial charge on any atom is -0.359 e. The summed E-state index contributed by atoms with van der Waals surface area (Å²) in [6.45, 7) is 6.61.